The van der Waals surface area contributed by atoms with Gasteiger partial charge in [-0.05, 0) is 30.7 Å². The summed E-state index contributed by atoms with van der Waals surface area (Å²) in [7, 11) is 1.39. The van der Waals surface area contributed by atoms with E-state index in [1.807, 2.05) is 0 Å². The van der Waals surface area contributed by atoms with Gasteiger partial charge in [0.1, 0.15) is 0 Å². The summed E-state index contributed by atoms with van der Waals surface area (Å²) in [5.41, 5.74) is 0.552. The van der Waals surface area contributed by atoms with Crippen molar-refractivity contribution in [3.63, 3.8) is 0 Å². The molecule has 1 heterocycles. The molecular formula is C13H14FN5O2. The molecule has 0 aliphatic carbocycles. The highest BCUT2D eigenvalue weighted by molar-refractivity contribution is 5.91. The van der Waals surface area contributed by atoms with E-state index in [4.69, 9.17) is 4.74 Å². The fourth-order valence-electron chi connectivity index (χ4n) is 1.64. The Morgan fingerprint density at radius 1 is 1.52 bits per heavy atom. The molecule has 0 aliphatic heterocycles. The number of nitrogens with one attached hydrogen (secondary N) is 2. The monoisotopic (exact) mass is 291 g/mol. The summed E-state index contributed by atoms with van der Waals surface area (Å²) < 4.78 is 18.3. The van der Waals surface area contributed by atoms with Gasteiger partial charge in [0.05, 0.1) is 13.2 Å². The van der Waals surface area contributed by atoms with Gasteiger partial charge in [-0.15, -0.1) is 10.2 Å². The summed E-state index contributed by atoms with van der Waals surface area (Å²) in [6, 6.07) is 4.04. The van der Waals surface area contributed by atoms with Gasteiger partial charge < -0.3 is 10.1 Å². The summed E-state index contributed by atoms with van der Waals surface area (Å²) in [6.45, 7) is 1.73. The van der Waals surface area contributed by atoms with E-state index in [1.165, 1.54) is 31.4 Å². The number of methoxy groups -OCH3 is 1. The second kappa shape index (κ2) is 6.60. The number of aromatic nitrogens is 4. The zero-order chi connectivity index (χ0) is 15.2. The van der Waals surface area contributed by atoms with Crippen LogP contribution in [0.15, 0.2) is 24.3 Å². The smallest absolute Gasteiger partial charge is 0.244 e. The molecule has 1 unspecified atom stereocenters. The Morgan fingerprint density at radius 2 is 2.33 bits per heavy atom. The van der Waals surface area contributed by atoms with Crippen LogP contribution in [0.5, 0.6) is 5.75 Å². The summed E-state index contributed by atoms with van der Waals surface area (Å²) in [4.78, 5) is 11.7. The van der Waals surface area contributed by atoms with Crippen molar-refractivity contribution in [1.29, 1.82) is 0 Å². The fourth-order valence-corrected chi connectivity index (χ4v) is 1.64. The van der Waals surface area contributed by atoms with Crippen molar-refractivity contribution in [2.24, 2.45) is 0 Å². The third-order valence-corrected chi connectivity index (χ3v) is 2.71. The summed E-state index contributed by atoms with van der Waals surface area (Å²) in [5.74, 6) is -0.293. The van der Waals surface area contributed by atoms with Gasteiger partial charge in [-0.3, -0.25) is 4.79 Å². The van der Waals surface area contributed by atoms with Crippen LogP contribution in [-0.2, 0) is 4.79 Å². The highest BCUT2D eigenvalue weighted by atomic mass is 19.1. The lowest BCUT2D eigenvalue weighted by atomic mass is 10.2. The van der Waals surface area contributed by atoms with Gasteiger partial charge in [-0.1, -0.05) is 11.3 Å². The molecule has 2 rings (SSSR count). The molecule has 1 aromatic heterocycles. The van der Waals surface area contributed by atoms with Crippen LogP contribution in [-0.4, -0.2) is 33.6 Å². The molecule has 2 aromatic rings. The highest BCUT2D eigenvalue weighted by Crippen LogP contribution is 2.18. The fraction of sp³-hybridized carbons (Fsp3) is 0.231. The van der Waals surface area contributed by atoms with Crippen molar-refractivity contribution in [2.75, 3.05) is 7.11 Å². The number of tetrazole rings is 1. The lowest BCUT2D eigenvalue weighted by Crippen LogP contribution is -2.25. The molecule has 0 bridgehead atoms. The first-order valence-electron chi connectivity index (χ1n) is 6.15. The number of benzene rings is 1. The Kier molecular flexibility index (Phi) is 4.60. The molecule has 8 heteroatoms. The predicted octanol–water partition coefficient (Wildman–Crippen LogP) is 1.24. The maximum absolute atomic E-state index is 13.5. The van der Waals surface area contributed by atoms with Crippen molar-refractivity contribution in [2.45, 2.75) is 13.0 Å². The number of ether oxygens (including phenoxy) is 1. The van der Waals surface area contributed by atoms with Crippen molar-refractivity contribution < 1.29 is 13.9 Å². The summed E-state index contributed by atoms with van der Waals surface area (Å²) in [6.07, 6.45) is 2.80. The minimum atomic E-state index is -0.486. The average Bonchev–Trinajstić information content (AvgIpc) is 2.99. The molecule has 1 aromatic carbocycles. The predicted molar refractivity (Wildman–Crippen MR) is 72.7 cm³/mol. The van der Waals surface area contributed by atoms with E-state index >= 15 is 0 Å². The molecule has 0 saturated carbocycles. The minimum Gasteiger partial charge on any atom is -0.494 e. The number of carbonyl (C=O) groups is 1. The molecule has 1 atom stereocenters. The second-order valence-corrected chi connectivity index (χ2v) is 4.23. The second-order valence-electron chi connectivity index (χ2n) is 4.23. The number of H-pyrrole nitrogens is 1. The largest absolute Gasteiger partial charge is 0.494 e. The van der Waals surface area contributed by atoms with Gasteiger partial charge >= 0.3 is 0 Å². The van der Waals surface area contributed by atoms with Crippen LogP contribution in [0, 0.1) is 5.82 Å². The zero-order valence-corrected chi connectivity index (χ0v) is 11.5. The normalized spacial score (nSPS) is 12.3. The number of rotatable bonds is 5. The van der Waals surface area contributed by atoms with Gasteiger partial charge in [-0.2, -0.15) is 5.21 Å². The Bertz CT molecular complexity index is 642. The molecular weight excluding hydrogens is 277 g/mol. The van der Waals surface area contributed by atoms with Crippen LogP contribution in [0.25, 0.3) is 6.08 Å². The lowest BCUT2D eigenvalue weighted by molar-refractivity contribution is -0.117. The van der Waals surface area contributed by atoms with Crippen molar-refractivity contribution in [1.82, 2.24) is 25.9 Å². The van der Waals surface area contributed by atoms with E-state index in [0.29, 0.717) is 11.4 Å². The third kappa shape index (κ3) is 3.85. The van der Waals surface area contributed by atoms with Crippen LogP contribution in [0.4, 0.5) is 4.39 Å². The minimum absolute atomic E-state index is 0.155. The molecule has 0 saturated heterocycles. The Hall–Kier alpha value is -2.77. The van der Waals surface area contributed by atoms with E-state index in [1.54, 1.807) is 13.0 Å². The van der Waals surface area contributed by atoms with E-state index < -0.39 is 5.82 Å². The lowest BCUT2D eigenvalue weighted by Gasteiger charge is -2.07. The molecule has 1 amide bonds. The first kappa shape index (κ1) is 14.6. The van der Waals surface area contributed by atoms with Gasteiger partial charge in [0.15, 0.2) is 17.4 Å². The number of hydrogen-bond acceptors (Lipinski definition) is 5. The molecule has 7 nitrogen and oxygen atoms in total. The Balaban J connectivity index is 1.97. The Morgan fingerprint density at radius 3 is 2.95 bits per heavy atom. The van der Waals surface area contributed by atoms with Crippen LogP contribution in [0.3, 0.4) is 0 Å². The van der Waals surface area contributed by atoms with Crippen molar-refractivity contribution >= 4 is 12.0 Å². The molecule has 110 valence electrons. The molecule has 0 aliphatic rings. The van der Waals surface area contributed by atoms with Crippen molar-refractivity contribution in [3.05, 3.63) is 41.5 Å². The molecule has 2 N–H and O–H groups in total. The third-order valence-electron chi connectivity index (χ3n) is 2.71. The van der Waals surface area contributed by atoms with Gasteiger partial charge in [-0.25, -0.2) is 4.39 Å². The SMILES string of the molecule is COc1ccc(C=CC(=O)NC(C)c2nn[nH]n2)cc1F. The zero-order valence-electron chi connectivity index (χ0n) is 11.5. The van der Waals surface area contributed by atoms with Crippen LogP contribution < -0.4 is 10.1 Å². The van der Waals surface area contributed by atoms with Gasteiger partial charge in [0.2, 0.25) is 5.91 Å². The first-order valence-corrected chi connectivity index (χ1v) is 6.15. The maximum Gasteiger partial charge on any atom is 0.244 e. The molecule has 21 heavy (non-hydrogen) atoms. The number of aromatic amines is 1. The van der Waals surface area contributed by atoms with E-state index in [2.05, 4.69) is 25.9 Å². The molecule has 0 radical (unpaired) electrons. The van der Waals surface area contributed by atoms with Gasteiger partial charge in [0, 0.05) is 6.08 Å². The standard InChI is InChI=1S/C13H14FN5O2/c1-8(13-16-18-19-17-13)15-12(20)6-4-9-3-5-11(21-2)10(14)7-9/h3-8H,1-2H3,(H,15,20)(H,16,17,18,19). The number of amides is 1. The van der Waals surface area contributed by atoms with E-state index in [-0.39, 0.29) is 17.7 Å². The van der Waals surface area contributed by atoms with Crippen molar-refractivity contribution in [3.8, 4) is 5.75 Å². The number of hydrogen-bond donors (Lipinski definition) is 2. The molecule has 0 spiro atoms. The van der Waals surface area contributed by atoms with Gasteiger partial charge in [0.25, 0.3) is 0 Å². The van der Waals surface area contributed by atoms with Crippen LogP contribution >= 0.6 is 0 Å². The highest BCUT2D eigenvalue weighted by Gasteiger charge is 2.11. The number of carbonyl (C=O) groups excluding carboxylic acids is 1. The van der Waals surface area contributed by atoms with E-state index in [9.17, 15) is 9.18 Å². The number of nitrogens with zero attached hydrogens (tertiary/aromatic N) is 3. The quantitative estimate of drug-likeness (QED) is 0.808. The maximum atomic E-state index is 13.5. The first-order chi connectivity index (χ1) is 10.1. The van der Waals surface area contributed by atoms with Crippen LogP contribution in [0.1, 0.15) is 24.4 Å². The summed E-state index contributed by atoms with van der Waals surface area (Å²) >= 11 is 0. The van der Waals surface area contributed by atoms with Crippen LogP contribution in [0.2, 0.25) is 0 Å². The summed E-state index contributed by atoms with van der Waals surface area (Å²) in [5, 5.41) is 15.9. The Labute approximate surface area is 120 Å². The average molecular weight is 291 g/mol. The number of halogens is 1. The molecule has 0 fully saturated rings. The topological polar surface area (TPSA) is 92.8 Å². The van der Waals surface area contributed by atoms with E-state index in [0.717, 1.165) is 0 Å².